The van der Waals surface area contributed by atoms with Gasteiger partial charge in [-0.05, 0) is 35.7 Å². The Balaban J connectivity index is 2.75. The molecule has 0 fully saturated rings. The first-order valence-corrected chi connectivity index (χ1v) is 5.67. The highest BCUT2D eigenvalue weighted by atomic mass is 35.5. The van der Waals surface area contributed by atoms with Gasteiger partial charge in [-0.3, -0.25) is 0 Å². The van der Waals surface area contributed by atoms with Gasteiger partial charge in [0.15, 0.2) is 0 Å². The van der Waals surface area contributed by atoms with Crippen LogP contribution in [-0.4, -0.2) is 11.1 Å². The molecule has 0 atom stereocenters. The van der Waals surface area contributed by atoms with Gasteiger partial charge in [-0.25, -0.2) is 9.18 Å². The second-order valence-corrected chi connectivity index (χ2v) is 4.29. The molecule has 0 saturated heterocycles. The van der Waals surface area contributed by atoms with Crippen molar-refractivity contribution >= 4 is 17.6 Å². The van der Waals surface area contributed by atoms with E-state index in [1.165, 1.54) is 6.07 Å². The van der Waals surface area contributed by atoms with Gasteiger partial charge in [0.25, 0.3) is 0 Å². The number of carboxylic acids is 1. The van der Waals surface area contributed by atoms with Gasteiger partial charge in [0.05, 0.1) is 0 Å². The van der Waals surface area contributed by atoms with E-state index in [4.69, 9.17) is 16.7 Å². The number of hydrogen-bond donors (Lipinski definition) is 1. The average Bonchev–Trinajstić information content (AvgIpc) is 2.32. The molecule has 0 aromatic heterocycles. The topological polar surface area (TPSA) is 37.3 Å². The highest BCUT2D eigenvalue weighted by molar-refractivity contribution is 6.31. The minimum atomic E-state index is -1.29. The molecule has 0 aliphatic carbocycles. The summed E-state index contributed by atoms with van der Waals surface area (Å²) in [5, 5.41) is 9.62. The van der Waals surface area contributed by atoms with Crippen LogP contribution in [0.2, 0.25) is 5.02 Å². The van der Waals surface area contributed by atoms with Crippen molar-refractivity contribution in [2.24, 2.45) is 0 Å². The summed E-state index contributed by atoms with van der Waals surface area (Å²) in [6.45, 7) is 1.77. The molecule has 0 heterocycles. The lowest BCUT2D eigenvalue weighted by Crippen LogP contribution is -2.04. The van der Waals surface area contributed by atoms with Crippen LogP contribution in [0.1, 0.15) is 15.9 Å². The number of carbonyl (C=O) groups is 1. The van der Waals surface area contributed by atoms with E-state index in [-0.39, 0.29) is 5.56 Å². The third-order valence-corrected chi connectivity index (χ3v) is 3.19. The summed E-state index contributed by atoms with van der Waals surface area (Å²) in [4.78, 5) is 11.1. The van der Waals surface area contributed by atoms with Crippen molar-refractivity contribution in [1.29, 1.82) is 0 Å². The van der Waals surface area contributed by atoms with E-state index in [1.807, 2.05) is 0 Å². The quantitative estimate of drug-likeness (QED) is 0.885. The van der Waals surface area contributed by atoms with Crippen molar-refractivity contribution in [3.8, 4) is 11.1 Å². The van der Waals surface area contributed by atoms with Gasteiger partial charge >= 0.3 is 5.97 Å². The van der Waals surface area contributed by atoms with Crippen molar-refractivity contribution < 1.29 is 14.3 Å². The Labute approximate surface area is 109 Å². The molecule has 0 saturated carbocycles. The number of benzene rings is 2. The minimum absolute atomic E-state index is 0.331. The average molecular weight is 265 g/mol. The van der Waals surface area contributed by atoms with E-state index in [1.54, 1.807) is 31.2 Å². The Morgan fingerprint density at radius 3 is 2.44 bits per heavy atom. The first-order chi connectivity index (χ1) is 8.52. The molecule has 92 valence electrons. The molecule has 2 nitrogen and oxygen atoms in total. The van der Waals surface area contributed by atoms with Crippen LogP contribution in [0.5, 0.6) is 0 Å². The van der Waals surface area contributed by atoms with Crippen LogP contribution in [0.3, 0.4) is 0 Å². The molecule has 1 N–H and O–H groups in total. The van der Waals surface area contributed by atoms with E-state index in [9.17, 15) is 9.18 Å². The highest BCUT2D eigenvalue weighted by Gasteiger charge is 2.18. The summed E-state index contributed by atoms with van der Waals surface area (Å²) in [6, 6.07) is 9.33. The summed E-state index contributed by atoms with van der Waals surface area (Å²) >= 11 is 5.99. The Morgan fingerprint density at radius 2 is 1.78 bits per heavy atom. The molecule has 2 aromatic carbocycles. The standard InChI is InChI=1S/C14H10ClFO2/c1-8-9(4-2-6-11(8)15)10-5-3-7-12(16)13(10)14(17)18/h2-7H,1H3,(H,17,18). The maximum absolute atomic E-state index is 13.6. The number of rotatable bonds is 2. The van der Waals surface area contributed by atoms with Crippen molar-refractivity contribution in [3.63, 3.8) is 0 Å². The lowest BCUT2D eigenvalue weighted by Gasteiger charge is -2.11. The van der Waals surface area contributed by atoms with E-state index >= 15 is 0 Å². The second-order valence-electron chi connectivity index (χ2n) is 3.88. The molecule has 0 aliphatic rings. The maximum Gasteiger partial charge on any atom is 0.339 e. The lowest BCUT2D eigenvalue weighted by atomic mass is 9.95. The zero-order valence-corrected chi connectivity index (χ0v) is 10.3. The number of carboxylic acid groups (broad SMARTS) is 1. The van der Waals surface area contributed by atoms with E-state index in [2.05, 4.69) is 0 Å². The van der Waals surface area contributed by atoms with Crippen molar-refractivity contribution in [2.45, 2.75) is 6.92 Å². The second kappa shape index (κ2) is 4.78. The maximum atomic E-state index is 13.6. The largest absolute Gasteiger partial charge is 0.478 e. The summed E-state index contributed by atoms with van der Waals surface area (Å²) in [5.41, 5.74) is 1.36. The molecular formula is C14H10ClFO2. The number of halogens is 2. The molecule has 18 heavy (non-hydrogen) atoms. The lowest BCUT2D eigenvalue weighted by molar-refractivity contribution is 0.0693. The Kier molecular flexibility index (Phi) is 3.34. The summed E-state index contributed by atoms with van der Waals surface area (Å²) < 4.78 is 13.6. The van der Waals surface area contributed by atoms with Crippen LogP contribution in [0.25, 0.3) is 11.1 Å². The third kappa shape index (κ3) is 2.09. The molecule has 0 radical (unpaired) electrons. The predicted molar refractivity (Wildman–Crippen MR) is 68.5 cm³/mol. The zero-order valence-electron chi connectivity index (χ0n) is 9.58. The molecule has 2 rings (SSSR count). The number of hydrogen-bond acceptors (Lipinski definition) is 1. The molecule has 0 spiro atoms. The van der Waals surface area contributed by atoms with Crippen molar-refractivity contribution in [1.82, 2.24) is 0 Å². The molecule has 0 bridgehead atoms. The first-order valence-electron chi connectivity index (χ1n) is 5.29. The molecule has 2 aromatic rings. The van der Waals surface area contributed by atoms with Gasteiger partial charge in [0, 0.05) is 5.02 Å². The SMILES string of the molecule is Cc1c(Cl)cccc1-c1cccc(F)c1C(=O)O. The summed E-state index contributed by atoms with van der Waals surface area (Å²) in [6.07, 6.45) is 0. The molecule has 0 amide bonds. The fourth-order valence-corrected chi connectivity index (χ4v) is 2.04. The smallest absolute Gasteiger partial charge is 0.339 e. The summed E-state index contributed by atoms with van der Waals surface area (Å²) in [5.74, 6) is -2.04. The van der Waals surface area contributed by atoms with Gasteiger partial charge in [-0.2, -0.15) is 0 Å². The molecular weight excluding hydrogens is 255 g/mol. The van der Waals surface area contributed by atoms with E-state index in [0.29, 0.717) is 16.1 Å². The van der Waals surface area contributed by atoms with Gasteiger partial charge in [0.1, 0.15) is 11.4 Å². The van der Waals surface area contributed by atoms with Gasteiger partial charge < -0.3 is 5.11 Å². The van der Waals surface area contributed by atoms with Crippen LogP contribution in [0.4, 0.5) is 4.39 Å². The van der Waals surface area contributed by atoms with Crippen LogP contribution in [0, 0.1) is 12.7 Å². The van der Waals surface area contributed by atoms with Crippen LogP contribution in [0.15, 0.2) is 36.4 Å². The Bertz CT molecular complexity index is 623. The van der Waals surface area contributed by atoms with E-state index in [0.717, 1.165) is 11.6 Å². The Morgan fingerprint density at radius 1 is 1.17 bits per heavy atom. The van der Waals surface area contributed by atoms with Gasteiger partial charge in [-0.1, -0.05) is 35.9 Å². The number of aromatic carboxylic acids is 1. The fourth-order valence-electron chi connectivity index (χ4n) is 1.87. The minimum Gasteiger partial charge on any atom is -0.478 e. The van der Waals surface area contributed by atoms with E-state index < -0.39 is 11.8 Å². The van der Waals surface area contributed by atoms with Crippen LogP contribution in [-0.2, 0) is 0 Å². The monoisotopic (exact) mass is 264 g/mol. The fraction of sp³-hybridized carbons (Fsp3) is 0.0714. The highest BCUT2D eigenvalue weighted by Crippen LogP contribution is 2.31. The predicted octanol–water partition coefficient (Wildman–Crippen LogP) is 4.15. The van der Waals surface area contributed by atoms with Crippen molar-refractivity contribution in [2.75, 3.05) is 0 Å². The van der Waals surface area contributed by atoms with Crippen molar-refractivity contribution in [3.05, 3.63) is 58.4 Å². The van der Waals surface area contributed by atoms with Gasteiger partial charge in [0.2, 0.25) is 0 Å². The van der Waals surface area contributed by atoms with Gasteiger partial charge in [-0.15, -0.1) is 0 Å². The van der Waals surface area contributed by atoms with Crippen LogP contribution >= 0.6 is 11.6 Å². The third-order valence-electron chi connectivity index (χ3n) is 2.79. The summed E-state index contributed by atoms with van der Waals surface area (Å²) in [7, 11) is 0. The van der Waals surface area contributed by atoms with Crippen LogP contribution < -0.4 is 0 Å². The normalized spacial score (nSPS) is 10.4. The zero-order chi connectivity index (χ0) is 13.3. The molecule has 0 unspecified atom stereocenters. The Hall–Kier alpha value is -1.87. The molecule has 4 heteroatoms. The molecule has 0 aliphatic heterocycles. The first kappa shape index (κ1) is 12.6.